The van der Waals surface area contributed by atoms with Gasteiger partial charge in [-0.2, -0.15) is 4.31 Å². The van der Waals surface area contributed by atoms with Gasteiger partial charge in [0.1, 0.15) is 0 Å². The minimum atomic E-state index is -3.69. The number of rotatable bonds is 7. The zero-order chi connectivity index (χ0) is 22.4. The van der Waals surface area contributed by atoms with Crippen molar-refractivity contribution in [3.05, 3.63) is 72.3 Å². The second-order valence-corrected chi connectivity index (χ2v) is 9.17. The Morgan fingerprint density at radius 3 is 2.45 bits per heavy atom. The standard InChI is InChI=1S/C22H26N4O4S/c1-3-11-23-22(28)19-9-4-5-10-20(19)24-21(27)17-7-6-8-18(16-17)31(29,30)26-14-12-25(2)13-15-26/h3-10,16H,1,11-15H2,2H3,(H,23,28)(H,24,27). The number of nitrogens with zero attached hydrogens (tertiary/aromatic N) is 2. The number of anilines is 1. The van der Waals surface area contributed by atoms with Crippen LogP contribution in [0.4, 0.5) is 5.69 Å². The fraction of sp³-hybridized carbons (Fsp3) is 0.273. The average molecular weight is 443 g/mol. The Morgan fingerprint density at radius 1 is 1.03 bits per heavy atom. The molecule has 2 aromatic rings. The lowest BCUT2D eigenvalue weighted by Crippen LogP contribution is -2.47. The molecule has 0 saturated carbocycles. The maximum atomic E-state index is 13.0. The molecule has 164 valence electrons. The Hall–Kier alpha value is -3.01. The summed E-state index contributed by atoms with van der Waals surface area (Å²) in [4.78, 5) is 27.3. The van der Waals surface area contributed by atoms with Gasteiger partial charge in [-0.1, -0.05) is 24.3 Å². The lowest BCUT2D eigenvalue weighted by molar-refractivity contribution is 0.0959. The van der Waals surface area contributed by atoms with Crippen LogP contribution in [0.3, 0.4) is 0 Å². The Labute approximate surface area is 182 Å². The summed E-state index contributed by atoms with van der Waals surface area (Å²) in [5.74, 6) is -0.846. The number of carbonyl (C=O) groups is 2. The minimum Gasteiger partial charge on any atom is -0.349 e. The van der Waals surface area contributed by atoms with Crippen LogP contribution in [0, 0.1) is 0 Å². The zero-order valence-corrected chi connectivity index (χ0v) is 18.2. The van der Waals surface area contributed by atoms with Gasteiger partial charge in [-0.25, -0.2) is 8.42 Å². The highest BCUT2D eigenvalue weighted by Gasteiger charge is 2.28. The average Bonchev–Trinajstić information content (AvgIpc) is 2.78. The summed E-state index contributed by atoms with van der Waals surface area (Å²) in [7, 11) is -1.74. The van der Waals surface area contributed by atoms with Gasteiger partial charge in [-0.15, -0.1) is 6.58 Å². The van der Waals surface area contributed by atoms with E-state index in [4.69, 9.17) is 0 Å². The van der Waals surface area contributed by atoms with Crippen molar-refractivity contribution in [1.82, 2.24) is 14.5 Å². The molecule has 8 nitrogen and oxygen atoms in total. The van der Waals surface area contributed by atoms with E-state index in [9.17, 15) is 18.0 Å². The molecule has 0 aromatic heterocycles. The van der Waals surface area contributed by atoms with Gasteiger partial charge in [-0.05, 0) is 37.4 Å². The molecule has 2 amide bonds. The highest BCUT2D eigenvalue weighted by molar-refractivity contribution is 7.89. The molecular formula is C22H26N4O4S. The maximum Gasteiger partial charge on any atom is 0.255 e. The molecule has 0 radical (unpaired) electrons. The molecule has 1 fully saturated rings. The Kier molecular flexibility index (Phi) is 7.21. The lowest BCUT2D eigenvalue weighted by atomic mass is 10.1. The van der Waals surface area contributed by atoms with Gasteiger partial charge >= 0.3 is 0 Å². The van der Waals surface area contributed by atoms with Crippen LogP contribution in [0.2, 0.25) is 0 Å². The summed E-state index contributed by atoms with van der Waals surface area (Å²) >= 11 is 0. The van der Waals surface area contributed by atoms with Crippen LogP contribution >= 0.6 is 0 Å². The smallest absolute Gasteiger partial charge is 0.255 e. The first kappa shape index (κ1) is 22.7. The summed E-state index contributed by atoms with van der Waals surface area (Å²) in [5.41, 5.74) is 0.830. The highest BCUT2D eigenvalue weighted by Crippen LogP contribution is 2.21. The fourth-order valence-corrected chi connectivity index (χ4v) is 4.69. The van der Waals surface area contributed by atoms with Gasteiger partial charge < -0.3 is 15.5 Å². The summed E-state index contributed by atoms with van der Waals surface area (Å²) in [6, 6.07) is 12.5. The third kappa shape index (κ3) is 5.38. The molecule has 1 aliphatic rings. The number of carbonyl (C=O) groups excluding carboxylic acids is 2. The molecular weight excluding hydrogens is 416 g/mol. The number of para-hydroxylation sites is 1. The quantitative estimate of drug-likeness (QED) is 0.637. The summed E-state index contributed by atoms with van der Waals surface area (Å²) < 4.78 is 27.4. The van der Waals surface area contributed by atoms with Crippen molar-refractivity contribution in [3.8, 4) is 0 Å². The summed E-state index contributed by atoms with van der Waals surface area (Å²) in [6.45, 7) is 5.99. The first-order valence-corrected chi connectivity index (χ1v) is 11.3. The first-order valence-electron chi connectivity index (χ1n) is 9.91. The third-order valence-corrected chi connectivity index (χ3v) is 6.92. The van der Waals surface area contributed by atoms with E-state index < -0.39 is 15.9 Å². The largest absolute Gasteiger partial charge is 0.349 e. The van der Waals surface area contributed by atoms with E-state index in [-0.39, 0.29) is 16.4 Å². The Morgan fingerprint density at radius 2 is 1.74 bits per heavy atom. The van der Waals surface area contributed by atoms with E-state index in [0.29, 0.717) is 44.0 Å². The highest BCUT2D eigenvalue weighted by atomic mass is 32.2. The molecule has 1 aliphatic heterocycles. The Balaban J connectivity index is 1.80. The molecule has 3 rings (SSSR count). The molecule has 0 unspecified atom stereocenters. The molecule has 0 aliphatic carbocycles. The van der Waals surface area contributed by atoms with Crippen molar-refractivity contribution in [2.24, 2.45) is 0 Å². The molecule has 2 N–H and O–H groups in total. The van der Waals surface area contributed by atoms with Crippen LogP contribution in [-0.2, 0) is 10.0 Å². The van der Waals surface area contributed by atoms with E-state index in [1.54, 1.807) is 42.5 Å². The molecule has 1 saturated heterocycles. The second kappa shape index (κ2) is 9.86. The normalized spacial score (nSPS) is 15.3. The number of hydrogen-bond acceptors (Lipinski definition) is 5. The zero-order valence-electron chi connectivity index (χ0n) is 17.4. The van der Waals surface area contributed by atoms with Crippen LogP contribution < -0.4 is 10.6 Å². The number of sulfonamides is 1. The third-order valence-electron chi connectivity index (χ3n) is 5.02. The van der Waals surface area contributed by atoms with E-state index in [0.717, 1.165) is 0 Å². The molecule has 31 heavy (non-hydrogen) atoms. The first-order chi connectivity index (χ1) is 14.8. The van der Waals surface area contributed by atoms with Crippen molar-refractivity contribution in [3.63, 3.8) is 0 Å². The van der Waals surface area contributed by atoms with Gasteiger partial charge in [0.25, 0.3) is 11.8 Å². The number of benzene rings is 2. The Bertz CT molecular complexity index is 1080. The van der Waals surface area contributed by atoms with E-state index in [1.165, 1.54) is 16.4 Å². The van der Waals surface area contributed by atoms with Gasteiger partial charge in [0.15, 0.2) is 0 Å². The molecule has 9 heteroatoms. The van der Waals surface area contributed by atoms with Crippen molar-refractivity contribution in [2.45, 2.75) is 4.90 Å². The van der Waals surface area contributed by atoms with Crippen molar-refractivity contribution in [2.75, 3.05) is 45.1 Å². The predicted octanol–water partition coefficient (Wildman–Crippen LogP) is 1.79. The number of amides is 2. The van der Waals surface area contributed by atoms with Gasteiger partial charge in [0, 0.05) is 38.3 Å². The SMILES string of the molecule is C=CCNC(=O)c1ccccc1NC(=O)c1cccc(S(=O)(=O)N2CCN(C)CC2)c1. The van der Waals surface area contributed by atoms with Crippen LogP contribution in [0.15, 0.2) is 66.1 Å². The van der Waals surface area contributed by atoms with Crippen molar-refractivity contribution < 1.29 is 18.0 Å². The van der Waals surface area contributed by atoms with Crippen molar-refractivity contribution in [1.29, 1.82) is 0 Å². The van der Waals surface area contributed by atoms with Crippen LogP contribution in [-0.4, -0.2) is 69.2 Å². The van der Waals surface area contributed by atoms with Crippen LogP contribution in [0.5, 0.6) is 0 Å². The molecule has 0 bridgehead atoms. The molecule has 1 heterocycles. The lowest BCUT2D eigenvalue weighted by Gasteiger charge is -2.31. The van der Waals surface area contributed by atoms with Crippen molar-refractivity contribution >= 4 is 27.5 Å². The predicted molar refractivity (Wildman–Crippen MR) is 120 cm³/mol. The maximum absolute atomic E-state index is 13.0. The second-order valence-electron chi connectivity index (χ2n) is 7.23. The van der Waals surface area contributed by atoms with Crippen LogP contribution in [0.25, 0.3) is 0 Å². The van der Waals surface area contributed by atoms with E-state index >= 15 is 0 Å². The van der Waals surface area contributed by atoms with Gasteiger partial charge in [0.05, 0.1) is 16.1 Å². The topological polar surface area (TPSA) is 98.8 Å². The number of piperazine rings is 1. The van der Waals surface area contributed by atoms with Gasteiger partial charge in [-0.3, -0.25) is 9.59 Å². The summed E-state index contributed by atoms with van der Waals surface area (Å²) in [5, 5.41) is 5.38. The van der Waals surface area contributed by atoms with E-state index in [1.807, 2.05) is 7.05 Å². The number of nitrogens with one attached hydrogen (secondary N) is 2. The summed E-state index contributed by atoms with van der Waals surface area (Å²) in [6.07, 6.45) is 1.56. The molecule has 2 aromatic carbocycles. The van der Waals surface area contributed by atoms with Crippen LogP contribution in [0.1, 0.15) is 20.7 Å². The monoisotopic (exact) mass is 442 g/mol. The van der Waals surface area contributed by atoms with E-state index in [2.05, 4.69) is 22.1 Å². The molecule has 0 spiro atoms. The molecule has 0 atom stereocenters. The minimum absolute atomic E-state index is 0.0710. The number of likely N-dealkylation sites (N-methyl/N-ethyl adjacent to an activating group) is 1. The number of hydrogen-bond donors (Lipinski definition) is 2. The fourth-order valence-electron chi connectivity index (χ4n) is 3.22. The van der Waals surface area contributed by atoms with Gasteiger partial charge in [0.2, 0.25) is 10.0 Å².